The van der Waals surface area contributed by atoms with Gasteiger partial charge in [0.05, 0.1) is 17.9 Å². The Bertz CT molecular complexity index is 1200. The van der Waals surface area contributed by atoms with Gasteiger partial charge in [-0.3, -0.25) is 0 Å². The summed E-state index contributed by atoms with van der Waals surface area (Å²) in [6.07, 6.45) is 7.67. The number of carboxylic acids is 1. The molecule has 0 saturated heterocycles. The Balaban J connectivity index is 1.80. The first kappa shape index (κ1) is 18.6. The van der Waals surface area contributed by atoms with Crippen molar-refractivity contribution in [1.82, 2.24) is 14.1 Å². The number of fused-ring (bicyclic) bond motifs is 3. The molecule has 0 saturated carbocycles. The van der Waals surface area contributed by atoms with Crippen LogP contribution in [0.1, 0.15) is 19.3 Å². The standard InChI is InChI=1S/C22H20N4O3/c23-8-2-1-3-10-26-20-7-4-16(25-11-9-24-15-25)12-19(20)18-6-5-17(13-21(18)26)29-14-22(27)28/h4-7,9,11-13,15H,1-3,10,14H2,(H,27,28). The van der Waals surface area contributed by atoms with E-state index in [1.54, 1.807) is 18.6 Å². The third-order valence-corrected chi connectivity index (χ3v) is 4.91. The van der Waals surface area contributed by atoms with Crippen molar-refractivity contribution in [3.8, 4) is 17.5 Å². The molecule has 2 aromatic heterocycles. The van der Waals surface area contributed by atoms with E-state index in [4.69, 9.17) is 15.1 Å². The molecule has 0 amide bonds. The average molecular weight is 388 g/mol. The van der Waals surface area contributed by atoms with Gasteiger partial charge in [-0.25, -0.2) is 9.78 Å². The molecule has 146 valence electrons. The van der Waals surface area contributed by atoms with Crippen LogP contribution in [0.4, 0.5) is 0 Å². The molecular formula is C22H20N4O3. The largest absolute Gasteiger partial charge is 0.482 e. The second kappa shape index (κ2) is 8.07. The summed E-state index contributed by atoms with van der Waals surface area (Å²) in [7, 11) is 0. The molecule has 0 radical (unpaired) electrons. The van der Waals surface area contributed by atoms with Crippen molar-refractivity contribution in [2.45, 2.75) is 25.8 Å². The second-order valence-corrected chi connectivity index (χ2v) is 6.80. The van der Waals surface area contributed by atoms with Crippen LogP contribution in [0.15, 0.2) is 55.1 Å². The number of aryl methyl sites for hydroxylation is 1. The predicted molar refractivity (Wildman–Crippen MR) is 109 cm³/mol. The number of carboxylic acid groups (broad SMARTS) is 1. The lowest BCUT2D eigenvalue weighted by molar-refractivity contribution is -0.139. The van der Waals surface area contributed by atoms with E-state index < -0.39 is 5.97 Å². The maximum atomic E-state index is 10.8. The first-order valence-electron chi connectivity index (χ1n) is 9.43. The van der Waals surface area contributed by atoms with Gasteiger partial charge in [-0.1, -0.05) is 0 Å². The molecular weight excluding hydrogens is 368 g/mol. The van der Waals surface area contributed by atoms with Gasteiger partial charge in [-0.2, -0.15) is 5.26 Å². The normalized spacial score (nSPS) is 11.0. The van der Waals surface area contributed by atoms with E-state index in [9.17, 15) is 4.79 Å². The smallest absolute Gasteiger partial charge is 0.341 e. The monoisotopic (exact) mass is 388 g/mol. The van der Waals surface area contributed by atoms with Crippen LogP contribution in [0, 0.1) is 11.3 Å². The van der Waals surface area contributed by atoms with Gasteiger partial charge in [-0.05, 0) is 43.2 Å². The summed E-state index contributed by atoms with van der Waals surface area (Å²) in [6.45, 7) is 0.396. The minimum atomic E-state index is -1.01. The Morgan fingerprint density at radius 2 is 2.03 bits per heavy atom. The van der Waals surface area contributed by atoms with Gasteiger partial charge >= 0.3 is 5.97 Å². The summed E-state index contributed by atoms with van der Waals surface area (Å²) < 4.78 is 9.56. The minimum absolute atomic E-state index is 0.376. The molecule has 0 atom stereocenters. The van der Waals surface area contributed by atoms with Crippen molar-refractivity contribution in [2.75, 3.05) is 6.61 Å². The molecule has 0 aliphatic heterocycles. The van der Waals surface area contributed by atoms with Crippen LogP contribution in [0.2, 0.25) is 0 Å². The quantitative estimate of drug-likeness (QED) is 0.458. The molecule has 0 unspecified atom stereocenters. The van der Waals surface area contributed by atoms with E-state index in [0.717, 1.165) is 46.9 Å². The van der Waals surface area contributed by atoms with Crippen LogP contribution in [0.3, 0.4) is 0 Å². The fourth-order valence-electron chi connectivity index (χ4n) is 3.59. The molecule has 29 heavy (non-hydrogen) atoms. The lowest BCUT2D eigenvalue weighted by atomic mass is 10.1. The van der Waals surface area contributed by atoms with E-state index in [1.165, 1.54) is 0 Å². The molecule has 0 bridgehead atoms. The number of unbranched alkanes of at least 4 members (excludes halogenated alkanes) is 2. The number of imidazole rings is 1. The van der Waals surface area contributed by atoms with Crippen LogP contribution in [0.25, 0.3) is 27.5 Å². The first-order valence-corrected chi connectivity index (χ1v) is 9.43. The zero-order valence-electron chi connectivity index (χ0n) is 15.8. The summed E-state index contributed by atoms with van der Waals surface area (Å²) >= 11 is 0. The summed E-state index contributed by atoms with van der Waals surface area (Å²) in [5, 5.41) is 19.9. The Morgan fingerprint density at radius 3 is 2.79 bits per heavy atom. The molecule has 2 aromatic carbocycles. The molecule has 2 heterocycles. The minimum Gasteiger partial charge on any atom is -0.482 e. The Hall–Kier alpha value is -3.79. The van der Waals surface area contributed by atoms with Gasteiger partial charge in [0.1, 0.15) is 5.75 Å². The second-order valence-electron chi connectivity index (χ2n) is 6.80. The number of hydrogen-bond donors (Lipinski definition) is 1. The fourth-order valence-corrected chi connectivity index (χ4v) is 3.59. The van der Waals surface area contributed by atoms with Crippen LogP contribution >= 0.6 is 0 Å². The number of ether oxygens (including phenoxy) is 1. The lowest BCUT2D eigenvalue weighted by Crippen LogP contribution is -2.09. The molecule has 0 aliphatic carbocycles. The van der Waals surface area contributed by atoms with Gasteiger partial charge < -0.3 is 19.0 Å². The highest BCUT2D eigenvalue weighted by atomic mass is 16.5. The van der Waals surface area contributed by atoms with Crippen LogP contribution in [0.5, 0.6) is 5.75 Å². The van der Waals surface area contributed by atoms with Crippen LogP contribution in [-0.2, 0) is 11.3 Å². The van der Waals surface area contributed by atoms with E-state index in [1.807, 2.05) is 22.9 Å². The zero-order chi connectivity index (χ0) is 20.2. The maximum absolute atomic E-state index is 10.8. The number of nitriles is 1. The number of hydrogen-bond acceptors (Lipinski definition) is 4. The number of aromatic nitrogens is 3. The third-order valence-electron chi connectivity index (χ3n) is 4.91. The number of rotatable bonds is 8. The summed E-state index contributed by atoms with van der Waals surface area (Å²) in [4.78, 5) is 15.0. The zero-order valence-corrected chi connectivity index (χ0v) is 15.8. The van der Waals surface area contributed by atoms with Gasteiger partial charge in [0.25, 0.3) is 0 Å². The topological polar surface area (TPSA) is 93.1 Å². The predicted octanol–water partition coefficient (Wildman–Crippen LogP) is 4.14. The molecule has 4 aromatic rings. The Labute approximate surface area is 167 Å². The highest BCUT2D eigenvalue weighted by Gasteiger charge is 2.13. The summed E-state index contributed by atoms with van der Waals surface area (Å²) in [5.74, 6) is -0.483. The molecule has 7 heteroatoms. The van der Waals surface area contributed by atoms with Gasteiger partial charge in [0.2, 0.25) is 0 Å². The van der Waals surface area contributed by atoms with E-state index in [2.05, 4.69) is 33.8 Å². The van der Waals surface area contributed by atoms with Crippen LogP contribution < -0.4 is 4.74 Å². The molecule has 0 spiro atoms. The Kier molecular flexibility index (Phi) is 5.16. The van der Waals surface area contributed by atoms with Gasteiger partial charge in [-0.15, -0.1) is 0 Å². The van der Waals surface area contributed by atoms with Crippen molar-refractivity contribution in [3.63, 3.8) is 0 Å². The SMILES string of the molecule is N#CCCCCn1c2ccc(-n3ccnc3)cc2c2ccc(OCC(=O)O)cc21. The highest BCUT2D eigenvalue weighted by molar-refractivity contribution is 6.09. The molecule has 0 aliphatic rings. The summed E-state index contributed by atoms with van der Waals surface area (Å²) in [5.41, 5.74) is 3.10. The van der Waals surface area contributed by atoms with E-state index in [-0.39, 0.29) is 6.61 Å². The molecule has 7 nitrogen and oxygen atoms in total. The van der Waals surface area contributed by atoms with E-state index >= 15 is 0 Å². The lowest BCUT2D eigenvalue weighted by Gasteiger charge is -2.09. The molecule has 0 fully saturated rings. The van der Waals surface area contributed by atoms with Crippen LogP contribution in [-0.4, -0.2) is 31.8 Å². The van der Waals surface area contributed by atoms with Gasteiger partial charge in [0, 0.05) is 53.4 Å². The van der Waals surface area contributed by atoms with E-state index in [0.29, 0.717) is 12.2 Å². The van der Waals surface area contributed by atoms with Crippen molar-refractivity contribution < 1.29 is 14.6 Å². The number of carbonyl (C=O) groups is 1. The van der Waals surface area contributed by atoms with Gasteiger partial charge in [0.15, 0.2) is 6.61 Å². The molecule has 4 rings (SSSR count). The third kappa shape index (κ3) is 3.78. The number of benzene rings is 2. The number of aliphatic carboxylic acids is 1. The fraction of sp³-hybridized carbons (Fsp3) is 0.227. The van der Waals surface area contributed by atoms with Crippen molar-refractivity contribution in [2.24, 2.45) is 0 Å². The maximum Gasteiger partial charge on any atom is 0.341 e. The average Bonchev–Trinajstić information content (AvgIpc) is 3.36. The first-order chi connectivity index (χ1) is 14.2. The molecule has 1 N–H and O–H groups in total. The Morgan fingerprint density at radius 1 is 1.14 bits per heavy atom. The number of nitrogens with zero attached hydrogens (tertiary/aromatic N) is 4. The van der Waals surface area contributed by atoms with Crippen molar-refractivity contribution >= 4 is 27.8 Å². The highest BCUT2D eigenvalue weighted by Crippen LogP contribution is 2.33. The van der Waals surface area contributed by atoms with Crippen molar-refractivity contribution in [1.29, 1.82) is 5.26 Å². The van der Waals surface area contributed by atoms with Crippen molar-refractivity contribution in [3.05, 3.63) is 55.1 Å². The summed E-state index contributed by atoms with van der Waals surface area (Å²) in [6, 6.07) is 14.1.